The average Bonchev–Trinajstić information content (AvgIpc) is 2.14. The van der Waals surface area contributed by atoms with Gasteiger partial charge < -0.3 is 5.73 Å². The van der Waals surface area contributed by atoms with E-state index in [-0.39, 0.29) is 6.04 Å². The van der Waals surface area contributed by atoms with Crippen LogP contribution in [-0.2, 0) is 0 Å². The van der Waals surface area contributed by atoms with Crippen molar-refractivity contribution in [1.82, 2.24) is 0 Å². The standard InChI is InChI=1S/C11H12ClN/c1-2-11(13)7-6-9-4-3-5-10(12)8-9/h3-5,8,11H,2,13H2,1H3. The summed E-state index contributed by atoms with van der Waals surface area (Å²) in [6.45, 7) is 2.01. The Labute approximate surface area is 83.9 Å². The Morgan fingerprint density at radius 2 is 2.31 bits per heavy atom. The van der Waals surface area contributed by atoms with E-state index in [2.05, 4.69) is 11.8 Å². The van der Waals surface area contributed by atoms with E-state index in [1.54, 1.807) is 0 Å². The second kappa shape index (κ2) is 4.91. The molecule has 1 rings (SSSR count). The van der Waals surface area contributed by atoms with Gasteiger partial charge in [-0.15, -0.1) is 0 Å². The first-order chi connectivity index (χ1) is 6.22. The molecule has 13 heavy (non-hydrogen) atoms. The van der Waals surface area contributed by atoms with Crippen molar-refractivity contribution in [3.63, 3.8) is 0 Å². The number of hydrogen-bond acceptors (Lipinski definition) is 1. The van der Waals surface area contributed by atoms with Crippen molar-refractivity contribution in [1.29, 1.82) is 0 Å². The van der Waals surface area contributed by atoms with Gasteiger partial charge in [-0.25, -0.2) is 0 Å². The number of nitrogens with two attached hydrogens (primary N) is 1. The lowest BCUT2D eigenvalue weighted by Gasteiger charge is -1.95. The molecule has 1 aromatic rings. The molecule has 0 amide bonds. The largest absolute Gasteiger partial charge is 0.318 e. The quantitative estimate of drug-likeness (QED) is 0.682. The van der Waals surface area contributed by atoms with Gasteiger partial charge in [0.25, 0.3) is 0 Å². The van der Waals surface area contributed by atoms with Gasteiger partial charge in [0.05, 0.1) is 6.04 Å². The van der Waals surface area contributed by atoms with E-state index in [4.69, 9.17) is 17.3 Å². The van der Waals surface area contributed by atoms with Crippen molar-refractivity contribution in [3.8, 4) is 11.8 Å². The summed E-state index contributed by atoms with van der Waals surface area (Å²) in [5.74, 6) is 5.92. The molecule has 1 aromatic carbocycles. The smallest absolute Gasteiger partial charge is 0.0665 e. The lowest BCUT2D eigenvalue weighted by atomic mass is 10.2. The summed E-state index contributed by atoms with van der Waals surface area (Å²) in [5.41, 5.74) is 6.57. The molecule has 0 spiro atoms. The highest BCUT2D eigenvalue weighted by Crippen LogP contribution is 2.09. The van der Waals surface area contributed by atoms with Gasteiger partial charge in [0, 0.05) is 10.6 Å². The Balaban J connectivity index is 2.77. The molecule has 0 aliphatic heterocycles. The zero-order chi connectivity index (χ0) is 9.68. The second-order valence-corrected chi connectivity index (χ2v) is 3.23. The Kier molecular flexibility index (Phi) is 3.82. The van der Waals surface area contributed by atoms with Crippen molar-refractivity contribution in [3.05, 3.63) is 34.9 Å². The van der Waals surface area contributed by atoms with Gasteiger partial charge in [-0.1, -0.05) is 36.4 Å². The number of halogens is 1. The maximum atomic E-state index is 5.80. The van der Waals surface area contributed by atoms with Crippen LogP contribution in [0.5, 0.6) is 0 Å². The zero-order valence-electron chi connectivity index (χ0n) is 7.55. The third-order valence-corrected chi connectivity index (χ3v) is 1.90. The van der Waals surface area contributed by atoms with E-state index in [0.29, 0.717) is 5.02 Å². The van der Waals surface area contributed by atoms with Crippen molar-refractivity contribution in [2.24, 2.45) is 5.73 Å². The fraction of sp³-hybridized carbons (Fsp3) is 0.273. The van der Waals surface area contributed by atoms with Crippen molar-refractivity contribution in [2.75, 3.05) is 0 Å². The first kappa shape index (κ1) is 10.1. The lowest BCUT2D eigenvalue weighted by Crippen LogP contribution is -2.15. The molecule has 2 N–H and O–H groups in total. The number of hydrogen-bond donors (Lipinski definition) is 1. The molecule has 0 heterocycles. The molecule has 0 saturated carbocycles. The van der Waals surface area contributed by atoms with E-state index in [1.165, 1.54) is 0 Å². The molecule has 0 bridgehead atoms. The van der Waals surface area contributed by atoms with Crippen LogP contribution in [0.4, 0.5) is 0 Å². The molecule has 0 saturated heterocycles. The van der Waals surface area contributed by atoms with Crippen LogP contribution in [0, 0.1) is 11.8 Å². The third kappa shape index (κ3) is 3.50. The highest BCUT2D eigenvalue weighted by atomic mass is 35.5. The van der Waals surface area contributed by atoms with Crippen LogP contribution in [0.25, 0.3) is 0 Å². The van der Waals surface area contributed by atoms with E-state index in [1.807, 2.05) is 31.2 Å². The zero-order valence-corrected chi connectivity index (χ0v) is 8.31. The summed E-state index contributed by atoms with van der Waals surface area (Å²) in [5, 5.41) is 0.705. The SMILES string of the molecule is CCC(N)C#Cc1cccc(Cl)c1. The molecule has 0 aromatic heterocycles. The maximum Gasteiger partial charge on any atom is 0.0665 e. The summed E-state index contributed by atoms with van der Waals surface area (Å²) >= 11 is 5.80. The highest BCUT2D eigenvalue weighted by Gasteiger charge is 1.91. The van der Waals surface area contributed by atoms with Crippen LogP contribution < -0.4 is 5.73 Å². The molecule has 0 aliphatic rings. The average molecular weight is 194 g/mol. The molecule has 2 heteroatoms. The number of rotatable bonds is 1. The predicted octanol–water partition coefficient (Wildman–Crippen LogP) is 2.43. The molecular formula is C11H12ClN. The Morgan fingerprint density at radius 3 is 2.92 bits per heavy atom. The first-order valence-electron chi connectivity index (χ1n) is 4.25. The van der Waals surface area contributed by atoms with Gasteiger partial charge in [-0.3, -0.25) is 0 Å². The molecule has 68 valence electrons. The Bertz CT molecular complexity index is 335. The van der Waals surface area contributed by atoms with E-state index >= 15 is 0 Å². The third-order valence-electron chi connectivity index (χ3n) is 1.67. The molecular weight excluding hydrogens is 182 g/mol. The summed E-state index contributed by atoms with van der Waals surface area (Å²) in [6.07, 6.45) is 0.869. The lowest BCUT2D eigenvalue weighted by molar-refractivity contribution is 0.806. The van der Waals surface area contributed by atoms with Gasteiger partial charge in [-0.05, 0) is 24.6 Å². The van der Waals surface area contributed by atoms with Gasteiger partial charge in [0.15, 0.2) is 0 Å². The van der Waals surface area contributed by atoms with Crippen LogP contribution in [0.3, 0.4) is 0 Å². The van der Waals surface area contributed by atoms with Gasteiger partial charge >= 0.3 is 0 Å². The van der Waals surface area contributed by atoms with Gasteiger partial charge in [0.1, 0.15) is 0 Å². The van der Waals surface area contributed by atoms with Crippen LogP contribution in [0.15, 0.2) is 24.3 Å². The molecule has 1 unspecified atom stereocenters. The monoisotopic (exact) mass is 193 g/mol. The fourth-order valence-corrected chi connectivity index (χ4v) is 1.03. The van der Waals surface area contributed by atoms with Crippen molar-refractivity contribution >= 4 is 11.6 Å². The van der Waals surface area contributed by atoms with Crippen LogP contribution in [-0.4, -0.2) is 6.04 Å². The molecule has 1 atom stereocenters. The van der Waals surface area contributed by atoms with Crippen LogP contribution in [0.1, 0.15) is 18.9 Å². The fourth-order valence-electron chi connectivity index (χ4n) is 0.844. The van der Waals surface area contributed by atoms with Crippen molar-refractivity contribution < 1.29 is 0 Å². The first-order valence-corrected chi connectivity index (χ1v) is 4.63. The van der Waals surface area contributed by atoms with Crippen molar-refractivity contribution in [2.45, 2.75) is 19.4 Å². The molecule has 0 fully saturated rings. The molecule has 1 nitrogen and oxygen atoms in total. The minimum Gasteiger partial charge on any atom is -0.318 e. The predicted molar refractivity (Wildman–Crippen MR) is 56.6 cm³/mol. The van der Waals surface area contributed by atoms with Gasteiger partial charge in [-0.2, -0.15) is 0 Å². The van der Waals surface area contributed by atoms with E-state index in [0.717, 1.165) is 12.0 Å². The number of benzene rings is 1. The summed E-state index contributed by atoms with van der Waals surface area (Å²) in [6, 6.07) is 7.41. The minimum atomic E-state index is -0.0426. The van der Waals surface area contributed by atoms with Gasteiger partial charge in [0.2, 0.25) is 0 Å². The topological polar surface area (TPSA) is 26.0 Å². The Morgan fingerprint density at radius 1 is 1.54 bits per heavy atom. The van der Waals surface area contributed by atoms with Crippen LogP contribution >= 0.6 is 11.6 Å². The summed E-state index contributed by atoms with van der Waals surface area (Å²) in [7, 11) is 0. The maximum absolute atomic E-state index is 5.80. The van der Waals surface area contributed by atoms with E-state index < -0.39 is 0 Å². The molecule has 0 aliphatic carbocycles. The second-order valence-electron chi connectivity index (χ2n) is 2.79. The minimum absolute atomic E-state index is 0.0426. The Hall–Kier alpha value is -0.970. The highest BCUT2D eigenvalue weighted by molar-refractivity contribution is 6.30. The molecule has 0 radical (unpaired) electrons. The normalized spacial score (nSPS) is 11.6. The summed E-state index contributed by atoms with van der Waals surface area (Å²) < 4.78 is 0. The van der Waals surface area contributed by atoms with Crippen LogP contribution in [0.2, 0.25) is 5.02 Å². The van der Waals surface area contributed by atoms with E-state index in [9.17, 15) is 0 Å². The summed E-state index contributed by atoms with van der Waals surface area (Å²) in [4.78, 5) is 0.